The van der Waals surface area contributed by atoms with Crippen molar-refractivity contribution >= 4 is 17.9 Å². The molecule has 0 aliphatic rings. The maximum absolute atomic E-state index is 10.2. The number of halogens is 1. The van der Waals surface area contributed by atoms with Crippen molar-refractivity contribution in [2.45, 2.75) is 27.2 Å². The van der Waals surface area contributed by atoms with E-state index < -0.39 is 0 Å². The molecule has 1 aromatic carbocycles. The summed E-state index contributed by atoms with van der Waals surface area (Å²) in [5, 5.41) is 3.85. The van der Waals surface area contributed by atoms with Crippen molar-refractivity contribution in [1.29, 1.82) is 0 Å². The standard InChI is InChI=1S/C8H7ClO.C8H20N2/c1-6-4-7(5-10)2-3-8(6)9;1-4-7-10(5-2)8-6-9-3/h2-5H,1H3;9H,4-8H2,1-3H3. The summed E-state index contributed by atoms with van der Waals surface area (Å²) in [7, 11) is 2.00. The molecule has 20 heavy (non-hydrogen) atoms. The molecule has 0 unspecified atom stereocenters. The summed E-state index contributed by atoms with van der Waals surface area (Å²) in [6.45, 7) is 11.0. The Bertz CT molecular complexity index is 383. The highest BCUT2D eigenvalue weighted by Crippen LogP contribution is 2.14. The number of likely N-dealkylation sites (N-methyl/N-ethyl adjacent to an activating group) is 2. The number of nitrogens with one attached hydrogen (secondary N) is 1. The van der Waals surface area contributed by atoms with E-state index in [0.717, 1.165) is 18.4 Å². The Labute approximate surface area is 128 Å². The Hall–Kier alpha value is -0.900. The maximum atomic E-state index is 10.2. The van der Waals surface area contributed by atoms with Crippen LogP contribution in [0.4, 0.5) is 0 Å². The third kappa shape index (κ3) is 8.31. The first-order chi connectivity index (χ1) is 9.58. The van der Waals surface area contributed by atoms with E-state index in [1.807, 2.05) is 14.0 Å². The van der Waals surface area contributed by atoms with Gasteiger partial charge < -0.3 is 10.2 Å². The molecule has 0 radical (unpaired) electrons. The van der Waals surface area contributed by atoms with Crippen LogP contribution in [0, 0.1) is 6.92 Å². The van der Waals surface area contributed by atoms with Gasteiger partial charge in [-0.15, -0.1) is 0 Å². The highest BCUT2D eigenvalue weighted by molar-refractivity contribution is 6.31. The lowest BCUT2D eigenvalue weighted by molar-refractivity contribution is 0.112. The molecule has 1 rings (SSSR count). The van der Waals surface area contributed by atoms with E-state index in [2.05, 4.69) is 24.1 Å². The number of aryl methyl sites for hydroxylation is 1. The highest BCUT2D eigenvalue weighted by atomic mass is 35.5. The molecule has 0 saturated heterocycles. The summed E-state index contributed by atoms with van der Waals surface area (Å²) in [6.07, 6.45) is 2.07. The summed E-state index contributed by atoms with van der Waals surface area (Å²) in [5.74, 6) is 0. The molecular weight excluding hydrogens is 272 g/mol. The molecule has 0 amide bonds. The summed E-state index contributed by atoms with van der Waals surface area (Å²) in [4.78, 5) is 12.7. The predicted octanol–water partition coefficient (Wildman–Crippen LogP) is 3.40. The Morgan fingerprint density at radius 1 is 1.30 bits per heavy atom. The molecule has 0 fully saturated rings. The molecule has 3 nitrogen and oxygen atoms in total. The third-order valence-electron chi connectivity index (χ3n) is 2.98. The lowest BCUT2D eigenvalue weighted by Crippen LogP contribution is -2.31. The number of aldehydes is 1. The van der Waals surface area contributed by atoms with Gasteiger partial charge in [-0.3, -0.25) is 4.79 Å². The van der Waals surface area contributed by atoms with Crippen molar-refractivity contribution in [2.24, 2.45) is 0 Å². The van der Waals surface area contributed by atoms with Gasteiger partial charge in [-0.25, -0.2) is 0 Å². The van der Waals surface area contributed by atoms with Crippen molar-refractivity contribution in [1.82, 2.24) is 10.2 Å². The van der Waals surface area contributed by atoms with Crippen LogP contribution in [0.15, 0.2) is 18.2 Å². The van der Waals surface area contributed by atoms with Crippen molar-refractivity contribution in [3.05, 3.63) is 34.3 Å². The molecule has 1 aromatic rings. The monoisotopic (exact) mass is 298 g/mol. The molecular formula is C16H27ClN2O. The SMILES string of the molecule is CCCN(CC)CCNC.Cc1cc(C=O)ccc1Cl. The van der Waals surface area contributed by atoms with Crippen LogP contribution in [0.3, 0.4) is 0 Å². The van der Waals surface area contributed by atoms with E-state index in [0.29, 0.717) is 10.6 Å². The molecule has 114 valence electrons. The Balaban J connectivity index is 0.000000361. The third-order valence-corrected chi connectivity index (χ3v) is 3.41. The fourth-order valence-corrected chi connectivity index (χ4v) is 1.87. The van der Waals surface area contributed by atoms with E-state index in [1.54, 1.807) is 18.2 Å². The van der Waals surface area contributed by atoms with Gasteiger partial charge >= 0.3 is 0 Å². The number of rotatable bonds is 7. The topological polar surface area (TPSA) is 32.3 Å². The second kappa shape index (κ2) is 11.9. The molecule has 0 aliphatic carbocycles. The first kappa shape index (κ1) is 19.1. The largest absolute Gasteiger partial charge is 0.318 e. The van der Waals surface area contributed by atoms with Gasteiger partial charge in [0.05, 0.1) is 0 Å². The quantitative estimate of drug-likeness (QED) is 0.783. The predicted molar refractivity (Wildman–Crippen MR) is 87.9 cm³/mol. The van der Waals surface area contributed by atoms with Crippen molar-refractivity contribution < 1.29 is 4.79 Å². The van der Waals surface area contributed by atoms with Crippen LogP contribution >= 0.6 is 11.6 Å². The van der Waals surface area contributed by atoms with Gasteiger partial charge in [-0.2, -0.15) is 0 Å². The molecule has 0 bridgehead atoms. The van der Waals surface area contributed by atoms with E-state index >= 15 is 0 Å². The summed E-state index contributed by atoms with van der Waals surface area (Å²) < 4.78 is 0. The smallest absolute Gasteiger partial charge is 0.150 e. The molecule has 0 spiro atoms. The van der Waals surface area contributed by atoms with Gasteiger partial charge in [0, 0.05) is 23.7 Å². The van der Waals surface area contributed by atoms with Gasteiger partial charge in [-0.1, -0.05) is 31.5 Å². The summed E-state index contributed by atoms with van der Waals surface area (Å²) in [6, 6.07) is 5.18. The van der Waals surface area contributed by atoms with E-state index in [-0.39, 0.29) is 0 Å². The highest BCUT2D eigenvalue weighted by Gasteiger charge is 1.97. The first-order valence-corrected chi connectivity index (χ1v) is 7.55. The number of hydrogen-bond acceptors (Lipinski definition) is 3. The Morgan fingerprint density at radius 3 is 2.45 bits per heavy atom. The second-order valence-electron chi connectivity index (χ2n) is 4.66. The number of hydrogen-bond donors (Lipinski definition) is 1. The van der Waals surface area contributed by atoms with Gasteiger partial charge in [-0.05, 0) is 51.2 Å². The molecule has 1 N–H and O–H groups in total. The molecule has 0 aromatic heterocycles. The van der Waals surface area contributed by atoms with Crippen LogP contribution in [-0.4, -0.2) is 44.4 Å². The average Bonchev–Trinajstić information content (AvgIpc) is 2.47. The van der Waals surface area contributed by atoms with Gasteiger partial charge in [0.25, 0.3) is 0 Å². The van der Waals surface area contributed by atoms with Crippen LogP contribution in [0.25, 0.3) is 0 Å². The lowest BCUT2D eigenvalue weighted by Gasteiger charge is -2.18. The lowest BCUT2D eigenvalue weighted by atomic mass is 10.2. The summed E-state index contributed by atoms with van der Waals surface area (Å²) >= 11 is 5.72. The van der Waals surface area contributed by atoms with Crippen LogP contribution in [0.2, 0.25) is 5.02 Å². The maximum Gasteiger partial charge on any atom is 0.150 e. The molecule has 0 atom stereocenters. The minimum Gasteiger partial charge on any atom is -0.318 e. The fourth-order valence-electron chi connectivity index (χ4n) is 1.76. The molecule has 0 heterocycles. The number of nitrogens with zero attached hydrogens (tertiary/aromatic N) is 1. The number of benzene rings is 1. The van der Waals surface area contributed by atoms with Gasteiger partial charge in [0.1, 0.15) is 6.29 Å². The van der Waals surface area contributed by atoms with Crippen LogP contribution in [-0.2, 0) is 0 Å². The van der Waals surface area contributed by atoms with E-state index in [1.165, 1.54) is 26.1 Å². The summed E-state index contributed by atoms with van der Waals surface area (Å²) in [5.41, 5.74) is 1.60. The zero-order chi connectivity index (χ0) is 15.4. The van der Waals surface area contributed by atoms with Crippen LogP contribution < -0.4 is 5.32 Å². The zero-order valence-electron chi connectivity index (χ0n) is 13.1. The van der Waals surface area contributed by atoms with Crippen molar-refractivity contribution in [3.8, 4) is 0 Å². The average molecular weight is 299 g/mol. The van der Waals surface area contributed by atoms with Gasteiger partial charge in [0.15, 0.2) is 0 Å². The number of carbonyl (C=O) groups is 1. The number of carbonyl (C=O) groups excluding carboxylic acids is 1. The Kier molecular flexibility index (Phi) is 11.4. The minimum absolute atomic E-state index is 0.668. The molecule has 0 aliphatic heterocycles. The van der Waals surface area contributed by atoms with Crippen molar-refractivity contribution in [2.75, 3.05) is 33.2 Å². The van der Waals surface area contributed by atoms with Crippen LogP contribution in [0.5, 0.6) is 0 Å². The van der Waals surface area contributed by atoms with Crippen molar-refractivity contribution in [3.63, 3.8) is 0 Å². The zero-order valence-corrected chi connectivity index (χ0v) is 13.8. The van der Waals surface area contributed by atoms with Gasteiger partial charge in [0.2, 0.25) is 0 Å². The Morgan fingerprint density at radius 2 is 2.00 bits per heavy atom. The molecule has 0 saturated carbocycles. The van der Waals surface area contributed by atoms with Crippen LogP contribution in [0.1, 0.15) is 36.2 Å². The second-order valence-corrected chi connectivity index (χ2v) is 5.07. The van der Waals surface area contributed by atoms with E-state index in [4.69, 9.17) is 11.6 Å². The normalized spacial score (nSPS) is 10.1. The van der Waals surface area contributed by atoms with E-state index in [9.17, 15) is 4.79 Å². The first-order valence-electron chi connectivity index (χ1n) is 7.17. The minimum atomic E-state index is 0.668. The fraction of sp³-hybridized carbons (Fsp3) is 0.562. The molecule has 4 heteroatoms.